The van der Waals surface area contributed by atoms with Gasteiger partial charge >= 0.3 is 0 Å². The highest BCUT2D eigenvalue weighted by Gasteiger charge is 2.27. The van der Waals surface area contributed by atoms with Gasteiger partial charge in [0.25, 0.3) is 0 Å². The molecule has 102 valence electrons. The molecule has 1 atom stereocenters. The van der Waals surface area contributed by atoms with Crippen molar-refractivity contribution < 1.29 is 14.4 Å². The van der Waals surface area contributed by atoms with E-state index in [0.717, 1.165) is 12.8 Å². The molecular weight excluding hydrogens is 250 g/mol. The monoisotopic (exact) mass is 265 g/mol. The first-order valence-corrected chi connectivity index (χ1v) is 6.02. The molecule has 1 saturated heterocycles. The van der Waals surface area contributed by atoms with Crippen LogP contribution in [0.3, 0.4) is 0 Å². The summed E-state index contributed by atoms with van der Waals surface area (Å²) in [7, 11) is 0. The molecule has 1 fully saturated rings. The molecule has 0 saturated carbocycles. The molecule has 2 rings (SSSR count). The lowest BCUT2D eigenvalue weighted by Gasteiger charge is -2.31. The van der Waals surface area contributed by atoms with Crippen molar-refractivity contribution in [1.29, 1.82) is 0 Å². The van der Waals surface area contributed by atoms with Crippen LogP contribution in [0.1, 0.15) is 23.3 Å². The third-order valence-electron chi connectivity index (χ3n) is 3.15. The predicted molar refractivity (Wildman–Crippen MR) is 63.9 cm³/mol. The number of hydrogen-bond donors (Lipinski definition) is 1. The maximum absolute atomic E-state index is 12.0. The molecule has 2 heterocycles. The van der Waals surface area contributed by atoms with Gasteiger partial charge in [0.15, 0.2) is 6.29 Å². The van der Waals surface area contributed by atoms with Gasteiger partial charge in [0.2, 0.25) is 11.8 Å². The molecule has 2 amide bonds. The largest absolute Gasteiger partial charge is 0.369 e. The molecule has 0 aliphatic carbocycles. The molecule has 1 aromatic heterocycles. The zero-order valence-corrected chi connectivity index (χ0v) is 10.4. The van der Waals surface area contributed by atoms with E-state index in [4.69, 9.17) is 5.73 Å². The minimum atomic E-state index is -0.374. The Morgan fingerprint density at radius 1 is 1.53 bits per heavy atom. The highest BCUT2D eigenvalue weighted by molar-refractivity contribution is 5.80. The van der Waals surface area contributed by atoms with Crippen LogP contribution in [-0.2, 0) is 16.1 Å². The molecule has 8 nitrogen and oxygen atoms in total. The van der Waals surface area contributed by atoms with Crippen molar-refractivity contribution in [3.05, 3.63) is 11.9 Å². The Morgan fingerprint density at radius 3 is 2.95 bits per heavy atom. The fourth-order valence-electron chi connectivity index (χ4n) is 2.12. The zero-order valence-electron chi connectivity index (χ0n) is 10.4. The number of hydrogen-bond acceptors (Lipinski definition) is 5. The number of rotatable bonds is 4. The van der Waals surface area contributed by atoms with Crippen LogP contribution in [-0.4, -0.2) is 51.1 Å². The van der Waals surface area contributed by atoms with Gasteiger partial charge in [-0.25, -0.2) is 4.68 Å². The van der Waals surface area contributed by atoms with Crippen molar-refractivity contribution in [3.8, 4) is 0 Å². The van der Waals surface area contributed by atoms with Crippen LogP contribution in [0, 0.1) is 5.92 Å². The smallest absolute Gasteiger partial charge is 0.244 e. The summed E-state index contributed by atoms with van der Waals surface area (Å²) in [6, 6.07) is 0. The lowest BCUT2D eigenvalue weighted by atomic mass is 9.97. The van der Waals surface area contributed by atoms with Gasteiger partial charge in [-0.1, -0.05) is 5.21 Å². The fourth-order valence-corrected chi connectivity index (χ4v) is 2.12. The van der Waals surface area contributed by atoms with Crippen molar-refractivity contribution in [3.63, 3.8) is 0 Å². The first kappa shape index (κ1) is 13.2. The summed E-state index contributed by atoms with van der Waals surface area (Å²) in [5.41, 5.74) is 5.44. The molecule has 19 heavy (non-hydrogen) atoms. The van der Waals surface area contributed by atoms with Crippen LogP contribution in [0.25, 0.3) is 0 Å². The number of carbonyl (C=O) groups is 3. The number of nitrogens with zero attached hydrogens (tertiary/aromatic N) is 4. The van der Waals surface area contributed by atoms with Gasteiger partial charge in [0, 0.05) is 13.1 Å². The van der Waals surface area contributed by atoms with Crippen LogP contribution in [0.4, 0.5) is 0 Å². The highest BCUT2D eigenvalue weighted by atomic mass is 16.2. The maximum Gasteiger partial charge on any atom is 0.244 e. The average Bonchev–Trinajstić information content (AvgIpc) is 2.86. The minimum absolute atomic E-state index is 0.00627. The third-order valence-corrected chi connectivity index (χ3v) is 3.15. The fraction of sp³-hybridized carbons (Fsp3) is 0.545. The van der Waals surface area contributed by atoms with E-state index >= 15 is 0 Å². The molecule has 1 aromatic rings. The molecule has 0 bridgehead atoms. The summed E-state index contributed by atoms with van der Waals surface area (Å²) in [4.78, 5) is 35.2. The van der Waals surface area contributed by atoms with Gasteiger partial charge in [-0.15, -0.1) is 5.10 Å². The van der Waals surface area contributed by atoms with Crippen molar-refractivity contribution in [2.24, 2.45) is 11.7 Å². The highest BCUT2D eigenvalue weighted by Crippen LogP contribution is 2.16. The van der Waals surface area contributed by atoms with Crippen LogP contribution in [0.15, 0.2) is 6.20 Å². The van der Waals surface area contributed by atoms with Gasteiger partial charge < -0.3 is 10.6 Å². The topological polar surface area (TPSA) is 111 Å². The van der Waals surface area contributed by atoms with Gasteiger partial charge in [-0.2, -0.15) is 0 Å². The number of carbonyl (C=O) groups excluding carboxylic acids is 3. The SMILES string of the molecule is NC(=O)C1CCCN(C(=O)Cn2cc(C=O)nn2)C1. The summed E-state index contributed by atoms with van der Waals surface area (Å²) in [6.07, 6.45) is 3.45. The van der Waals surface area contributed by atoms with E-state index in [1.54, 1.807) is 4.90 Å². The standard InChI is InChI=1S/C11H15N5O3/c12-11(19)8-2-1-3-15(4-8)10(18)6-16-5-9(7-17)13-14-16/h5,7-8H,1-4,6H2,(H2,12,19). The number of amides is 2. The van der Waals surface area contributed by atoms with E-state index in [-0.39, 0.29) is 30.0 Å². The Morgan fingerprint density at radius 2 is 2.32 bits per heavy atom. The van der Waals surface area contributed by atoms with E-state index in [1.165, 1.54) is 10.9 Å². The Balaban J connectivity index is 1.95. The van der Waals surface area contributed by atoms with E-state index in [2.05, 4.69) is 10.3 Å². The molecule has 1 unspecified atom stereocenters. The summed E-state index contributed by atoms with van der Waals surface area (Å²) >= 11 is 0. The molecule has 0 aromatic carbocycles. The average molecular weight is 265 g/mol. The number of nitrogens with two attached hydrogens (primary N) is 1. The third kappa shape index (κ3) is 3.15. The van der Waals surface area contributed by atoms with Gasteiger partial charge in [-0.05, 0) is 12.8 Å². The normalized spacial score (nSPS) is 19.2. The summed E-state index contributed by atoms with van der Waals surface area (Å²) < 4.78 is 1.31. The quantitative estimate of drug-likeness (QED) is 0.688. The number of aromatic nitrogens is 3. The van der Waals surface area contributed by atoms with Crippen molar-refractivity contribution in [2.75, 3.05) is 13.1 Å². The predicted octanol–water partition coefficient (Wildman–Crippen LogP) is -1.19. The molecule has 1 aliphatic heterocycles. The Hall–Kier alpha value is -2.25. The number of primary amides is 1. The Kier molecular flexibility index (Phi) is 3.88. The lowest BCUT2D eigenvalue weighted by Crippen LogP contribution is -2.45. The number of likely N-dealkylation sites (tertiary alicyclic amines) is 1. The maximum atomic E-state index is 12.0. The van der Waals surface area contributed by atoms with E-state index in [9.17, 15) is 14.4 Å². The number of piperidine rings is 1. The Labute approximate surface area is 109 Å². The van der Waals surface area contributed by atoms with Crippen LogP contribution >= 0.6 is 0 Å². The summed E-state index contributed by atoms with van der Waals surface area (Å²) in [5.74, 6) is -0.811. The Bertz CT molecular complexity index is 498. The van der Waals surface area contributed by atoms with Crippen LogP contribution in [0.5, 0.6) is 0 Å². The first-order valence-electron chi connectivity index (χ1n) is 6.02. The summed E-state index contributed by atoms with van der Waals surface area (Å²) in [5, 5.41) is 7.25. The molecular formula is C11H15N5O3. The van der Waals surface area contributed by atoms with Gasteiger partial charge in [0.1, 0.15) is 12.2 Å². The van der Waals surface area contributed by atoms with Gasteiger partial charge in [0.05, 0.1) is 12.1 Å². The molecule has 2 N–H and O–H groups in total. The second-order valence-corrected chi connectivity index (χ2v) is 4.54. The molecule has 0 radical (unpaired) electrons. The van der Waals surface area contributed by atoms with Crippen LogP contribution < -0.4 is 5.73 Å². The lowest BCUT2D eigenvalue weighted by molar-refractivity contribution is -0.135. The summed E-state index contributed by atoms with van der Waals surface area (Å²) in [6.45, 7) is 0.966. The second-order valence-electron chi connectivity index (χ2n) is 4.54. The van der Waals surface area contributed by atoms with Crippen molar-refractivity contribution >= 4 is 18.1 Å². The zero-order chi connectivity index (χ0) is 13.8. The van der Waals surface area contributed by atoms with E-state index in [0.29, 0.717) is 19.4 Å². The number of aldehydes is 1. The van der Waals surface area contributed by atoms with E-state index < -0.39 is 0 Å². The first-order chi connectivity index (χ1) is 9.10. The molecule has 1 aliphatic rings. The molecule has 8 heteroatoms. The van der Waals surface area contributed by atoms with Crippen molar-refractivity contribution in [1.82, 2.24) is 19.9 Å². The molecule has 0 spiro atoms. The van der Waals surface area contributed by atoms with E-state index in [1.807, 2.05) is 0 Å². The minimum Gasteiger partial charge on any atom is -0.369 e. The van der Waals surface area contributed by atoms with Crippen LogP contribution in [0.2, 0.25) is 0 Å². The van der Waals surface area contributed by atoms with Crippen molar-refractivity contribution in [2.45, 2.75) is 19.4 Å². The second kappa shape index (κ2) is 5.59. The van der Waals surface area contributed by atoms with Gasteiger partial charge in [-0.3, -0.25) is 14.4 Å².